The summed E-state index contributed by atoms with van der Waals surface area (Å²) in [6.45, 7) is 5.10. The zero-order chi connectivity index (χ0) is 12.1. The van der Waals surface area contributed by atoms with Crippen LogP contribution in [0.5, 0.6) is 0 Å². The predicted molar refractivity (Wildman–Crippen MR) is 71.2 cm³/mol. The maximum absolute atomic E-state index is 4.44. The van der Waals surface area contributed by atoms with Crippen molar-refractivity contribution in [3.8, 4) is 0 Å². The van der Waals surface area contributed by atoms with Gasteiger partial charge in [0.05, 0.1) is 10.7 Å². The van der Waals surface area contributed by atoms with Crippen LogP contribution >= 0.6 is 11.3 Å². The quantitative estimate of drug-likeness (QED) is 0.883. The van der Waals surface area contributed by atoms with Crippen molar-refractivity contribution in [2.75, 3.05) is 6.54 Å². The molecule has 0 spiro atoms. The predicted octanol–water partition coefficient (Wildman–Crippen LogP) is 2.74. The zero-order valence-corrected chi connectivity index (χ0v) is 11.0. The number of pyridine rings is 1. The summed E-state index contributed by atoms with van der Waals surface area (Å²) in [6, 6.07) is 6.29. The van der Waals surface area contributed by atoms with E-state index in [1.54, 1.807) is 11.3 Å². The van der Waals surface area contributed by atoms with Crippen molar-refractivity contribution in [2.24, 2.45) is 0 Å². The minimum Gasteiger partial charge on any atom is -0.308 e. The topological polar surface area (TPSA) is 37.8 Å². The first-order chi connectivity index (χ1) is 8.25. The highest BCUT2D eigenvalue weighted by atomic mass is 32.1. The van der Waals surface area contributed by atoms with Gasteiger partial charge in [0.15, 0.2) is 0 Å². The summed E-state index contributed by atoms with van der Waals surface area (Å²) in [6.07, 6.45) is 2.81. The van der Waals surface area contributed by atoms with Crippen molar-refractivity contribution in [1.29, 1.82) is 0 Å². The molecule has 0 saturated heterocycles. The second-order valence-electron chi connectivity index (χ2n) is 4.06. The van der Waals surface area contributed by atoms with Crippen LogP contribution in [0.25, 0.3) is 0 Å². The first-order valence-electron chi connectivity index (χ1n) is 5.81. The molecule has 17 heavy (non-hydrogen) atoms. The van der Waals surface area contributed by atoms with Crippen molar-refractivity contribution < 1.29 is 0 Å². The van der Waals surface area contributed by atoms with E-state index >= 15 is 0 Å². The van der Waals surface area contributed by atoms with Gasteiger partial charge in [-0.25, -0.2) is 4.98 Å². The van der Waals surface area contributed by atoms with Gasteiger partial charge in [0.1, 0.15) is 0 Å². The molecule has 0 bridgehead atoms. The summed E-state index contributed by atoms with van der Waals surface area (Å²) in [5.74, 6) is 0. The van der Waals surface area contributed by atoms with Gasteiger partial charge in [-0.1, -0.05) is 6.07 Å². The third-order valence-corrected chi connectivity index (χ3v) is 3.61. The first kappa shape index (κ1) is 12.2. The van der Waals surface area contributed by atoms with Gasteiger partial charge in [0, 0.05) is 36.3 Å². The number of hydrogen-bond acceptors (Lipinski definition) is 4. The van der Waals surface area contributed by atoms with Gasteiger partial charge in [-0.15, -0.1) is 11.3 Å². The smallest absolute Gasteiger partial charge is 0.0940 e. The zero-order valence-electron chi connectivity index (χ0n) is 10.2. The third-order valence-electron chi connectivity index (χ3n) is 2.59. The molecule has 0 saturated carbocycles. The van der Waals surface area contributed by atoms with E-state index in [9.17, 15) is 0 Å². The van der Waals surface area contributed by atoms with Crippen molar-refractivity contribution in [3.63, 3.8) is 0 Å². The number of rotatable bonds is 5. The summed E-state index contributed by atoms with van der Waals surface area (Å²) >= 11 is 1.73. The Hall–Kier alpha value is -1.26. The van der Waals surface area contributed by atoms with Gasteiger partial charge in [0.2, 0.25) is 0 Å². The van der Waals surface area contributed by atoms with Gasteiger partial charge < -0.3 is 5.32 Å². The summed E-state index contributed by atoms with van der Waals surface area (Å²) in [7, 11) is 0. The maximum Gasteiger partial charge on any atom is 0.0940 e. The Morgan fingerprint density at radius 2 is 2.29 bits per heavy atom. The molecule has 1 unspecified atom stereocenters. The van der Waals surface area contributed by atoms with Gasteiger partial charge >= 0.3 is 0 Å². The monoisotopic (exact) mass is 247 g/mol. The molecule has 0 fully saturated rings. The van der Waals surface area contributed by atoms with Crippen molar-refractivity contribution in [3.05, 3.63) is 46.2 Å². The average molecular weight is 247 g/mol. The number of hydrogen-bond donors (Lipinski definition) is 1. The van der Waals surface area contributed by atoms with E-state index in [0.717, 1.165) is 24.4 Å². The normalized spacial score (nSPS) is 12.6. The molecule has 4 heteroatoms. The fourth-order valence-corrected chi connectivity index (χ4v) is 2.43. The number of nitrogens with one attached hydrogen (secondary N) is 1. The minimum absolute atomic E-state index is 0.289. The SMILES string of the molecule is Cc1csc(CCNC(C)c2ccccn2)n1. The fourth-order valence-electron chi connectivity index (χ4n) is 1.65. The van der Waals surface area contributed by atoms with Crippen LogP contribution in [0, 0.1) is 6.92 Å². The molecule has 0 amide bonds. The maximum atomic E-state index is 4.44. The lowest BCUT2D eigenvalue weighted by Crippen LogP contribution is -2.22. The molecule has 1 N–H and O–H groups in total. The fraction of sp³-hybridized carbons (Fsp3) is 0.385. The Morgan fingerprint density at radius 3 is 2.94 bits per heavy atom. The second-order valence-corrected chi connectivity index (χ2v) is 5.01. The molecule has 90 valence electrons. The number of aryl methyl sites for hydroxylation is 1. The Balaban J connectivity index is 1.79. The Bertz CT molecular complexity index is 453. The van der Waals surface area contributed by atoms with Gasteiger partial charge in [-0.3, -0.25) is 4.98 Å². The van der Waals surface area contributed by atoms with Crippen molar-refractivity contribution in [2.45, 2.75) is 26.3 Å². The molecule has 3 nitrogen and oxygen atoms in total. The van der Waals surface area contributed by atoms with Crippen LogP contribution in [0.1, 0.15) is 29.4 Å². The summed E-state index contributed by atoms with van der Waals surface area (Å²) in [4.78, 5) is 8.78. The molecule has 0 radical (unpaired) electrons. The average Bonchev–Trinajstić information content (AvgIpc) is 2.76. The minimum atomic E-state index is 0.289. The van der Waals surface area contributed by atoms with Gasteiger partial charge in [-0.2, -0.15) is 0 Å². The van der Waals surface area contributed by atoms with E-state index in [-0.39, 0.29) is 6.04 Å². The molecule has 0 aliphatic heterocycles. The van der Waals surface area contributed by atoms with Crippen LogP contribution in [-0.2, 0) is 6.42 Å². The molecular weight excluding hydrogens is 230 g/mol. The largest absolute Gasteiger partial charge is 0.308 e. The molecular formula is C13H17N3S. The standard InChI is InChI=1S/C13H17N3S/c1-10-9-17-13(16-10)6-8-14-11(2)12-5-3-4-7-15-12/h3-5,7,9,11,14H,6,8H2,1-2H3. The van der Waals surface area contributed by atoms with E-state index in [4.69, 9.17) is 0 Å². The van der Waals surface area contributed by atoms with Crippen LogP contribution in [-0.4, -0.2) is 16.5 Å². The van der Waals surface area contributed by atoms with Crippen LogP contribution < -0.4 is 5.32 Å². The molecule has 2 heterocycles. The number of aromatic nitrogens is 2. The summed E-state index contributed by atoms with van der Waals surface area (Å²) in [5.41, 5.74) is 2.20. The Labute approximate surface area is 106 Å². The lowest BCUT2D eigenvalue weighted by atomic mass is 10.2. The first-order valence-corrected chi connectivity index (χ1v) is 6.69. The lowest BCUT2D eigenvalue weighted by Gasteiger charge is -2.12. The molecule has 2 aromatic heterocycles. The number of thiazole rings is 1. The molecule has 2 aromatic rings. The highest BCUT2D eigenvalue weighted by molar-refractivity contribution is 7.09. The molecule has 1 atom stereocenters. The number of nitrogens with zero attached hydrogens (tertiary/aromatic N) is 2. The second kappa shape index (κ2) is 5.89. The van der Waals surface area contributed by atoms with E-state index in [1.165, 1.54) is 5.01 Å². The van der Waals surface area contributed by atoms with Crippen molar-refractivity contribution >= 4 is 11.3 Å². The van der Waals surface area contributed by atoms with Crippen LogP contribution in [0.3, 0.4) is 0 Å². The van der Waals surface area contributed by atoms with Gasteiger partial charge in [0.25, 0.3) is 0 Å². The highest BCUT2D eigenvalue weighted by Gasteiger charge is 2.05. The lowest BCUT2D eigenvalue weighted by molar-refractivity contribution is 0.563. The van der Waals surface area contributed by atoms with Crippen molar-refractivity contribution in [1.82, 2.24) is 15.3 Å². The highest BCUT2D eigenvalue weighted by Crippen LogP contribution is 2.10. The van der Waals surface area contributed by atoms with Crippen LogP contribution in [0.2, 0.25) is 0 Å². The van der Waals surface area contributed by atoms with Gasteiger partial charge in [-0.05, 0) is 26.0 Å². The molecule has 2 rings (SSSR count). The van der Waals surface area contributed by atoms with Crippen LogP contribution in [0.4, 0.5) is 0 Å². The Morgan fingerprint density at radius 1 is 1.41 bits per heavy atom. The molecule has 0 aromatic carbocycles. The Kier molecular flexibility index (Phi) is 4.23. The van der Waals surface area contributed by atoms with E-state index < -0.39 is 0 Å². The third kappa shape index (κ3) is 3.61. The summed E-state index contributed by atoms with van der Waals surface area (Å²) in [5, 5.41) is 6.75. The summed E-state index contributed by atoms with van der Waals surface area (Å²) < 4.78 is 0. The molecule has 0 aliphatic rings. The van der Waals surface area contributed by atoms with Crippen LogP contribution in [0.15, 0.2) is 29.8 Å². The van der Waals surface area contributed by atoms with E-state index in [2.05, 4.69) is 27.6 Å². The van der Waals surface area contributed by atoms with E-state index in [0.29, 0.717) is 0 Å². The molecule has 0 aliphatic carbocycles. The van der Waals surface area contributed by atoms with E-state index in [1.807, 2.05) is 31.3 Å².